The van der Waals surface area contributed by atoms with Gasteiger partial charge in [-0.15, -0.1) is 0 Å². The molecule has 0 aliphatic carbocycles. The fraction of sp³-hybridized carbons (Fsp3) is 0.154. The second-order valence-corrected chi connectivity index (χ2v) is 7.53. The van der Waals surface area contributed by atoms with Gasteiger partial charge in [-0.1, -0.05) is 42.5 Å². The highest BCUT2D eigenvalue weighted by atomic mass is 16.6. The summed E-state index contributed by atoms with van der Waals surface area (Å²) in [6.07, 6.45) is 0. The molecule has 0 radical (unpaired) electrons. The molecular formula is C26H22N2O3. The lowest BCUT2D eigenvalue weighted by Crippen LogP contribution is -2.31. The molecule has 0 bridgehead atoms. The van der Waals surface area contributed by atoms with Crippen LogP contribution in [-0.2, 0) is 6.54 Å². The standard InChI is InChI=1S/C26H22N2O3/c1-18-6-2-5-9-23(18)28(17-21-12-10-19-7-3-4-8-22(19)27-21)26(29)20-11-13-24-25(16-20)31-15-14-30-24/h2-13,16H,14-15,17H2,1H3. The molecule has 0 spiro atoms. The van der Waals surface area contributed by atoms with Crippen LogP contribution in [0.15, 0.2) is 78.9 Å². The molecule has 154 valence electrons. The van der Waals surface area contributed by atoms with Crippen molar-refractivity contribution in [3.05, 3.63) is 95.7 Å². The molecule has 1 aliphatic heterocycles. The van der Waals surface area contributed by atoms with Crippen molar-refractivity contribution in [2.75, 3.05) is 18.1 Å². The van der Waals surface area contributed by atoms with Crippen molar-refractivity contribution < 1.29 is 14.3 Å². The summed E-state index contributed by atoms with van der Waals surface area (Å²) in [5, 5.41) is 1.08. The minimum absolute atomic E-state index is 0.110. The predicted molar refractivity (Wildman–Crippen MR) is 121 cm³/mol. The summed E-state index contributed by atoms with van der Waals surface area (Å²) in [6, 6.07) is 25.2. The van der Waals surface area contributed by atoms with E-state index in [1.54, 1.807) is 23.1 Å². The van der Waals surface area contributed by atoms with Crippen molar-refractivity contribution in [3.8, 4) is 11.5 Å². The number of rotatable bonds is 4. The molecule has 3 aromatic carbocycles. The number of fused-ring (bicyclic) bond motifs is 2. The first-order chi connectivity index (χ1) is 15.2. The van der Waals surface area contributed by atoms with E-state index in [4.69, 9.17) is 14.5 Å². The van der Waals surface area contributed by atoms with Gasteiger partial charge in [-0.05, 0) is 48.9 Å². The van der Waals surface area contributed by atoms with Crippen LogP contribution in [0.5, 0.6) is 11.5 Å². The number of nitrogens with zero attached hydrogens (tertiary/aromatic N) is 2. The van der Waals surface area contributed by atoms with E-state index < -0.39 is 0 Å². The van der Waals surface area contributed by atoms with E-state index >= 15 is 0 Å². The van der Waals surface area contributed by atoms with Crippen LogP contribution in [0.25, 0.3) is 10.9 Å². The van der Waals surface area contributed by atoms with E-state index in [1.165, 1.54) is 0 Å². The Morgan fingerprint density at radius 3 is 2.55 bits per heavy atom. The number of pyridine rings is 1. The molecule has 5 rings (SSSR count). The van der Waals surface area contributed by atoms with E-state index in [-0.39, 0.29) is 5.91 Å². The number of carbonyl (C=O) groups excluding carboxylic acids is 1. The smallest absolute Gasteiger partial charge is 0.258 e. The van der Waals surface area contributed by atoms with Gasteiger partial charge < -0.3 is 14.4 Å². The number of ether oxygens (including phenoxy) is 2. The summed E-state index contributed by atoms with van der Waals surface area (Å²) >= 11 is 0. The third kappa shape index (κ3) is 3.82. The van der Waals surface area contributed by atoms with Gasteiger partial charge in [0.05, 0.1) is 17.8 Å². The van der Waals surface area contributed by atoms with Gasteiger partial charge >= 0.3 is 0 Å². The first-order valence-corrected chi connectivity index (χ1v) is 10.3. The first-order valence-electron chi connectivity index (χ1n) is 10.3. The lowest BCUT2D eigenvalue weighted by atomic mass is 10.1. The Kier molecular flexibility index (Phi) is 5.00. The Hall–Kier alpha value is -3.86. The molecule has 0 atom stereocenters. The molecule has 0 N–H and O–H groups in total. The zero-order valence-electron chi connectivity index (χ0n) is 17.2. The second-order valence-electron chi connectivity index (χ2n) is 7.53. The molecule has 0 saturated carbocycles. The fourth-order valence-electron chi connectivity index (χ4n) is 3.82. The van der Waals surface area contributed by atoms with Crippen molar-refractivity contribution in [1.29, 1.82) is 0 Å². The number of carbonyl (C=O) groups is 1. The summed E-state index contributed by atoms with van der Waals surface area (Å²) in [6.45, 7) is 3.37. The largest absolute Gasteiger partial charge is 0.486 e. The Morgan fingerprint density at radius 2 is 1.68 bits per heavy atom. The summed E-state index contributed by atoms with van der Waals surface area (Å²) in [7, 11) is 0. The first kappa shape index (κ1) is 19.1. The molecule has 0 fully saturated rings. The van der Waals surface area contributed by atoms with Crippen molar-refractivity contribution in [1.82, 2.24) is 4.98 Å². The number of amides is 1. The monoisotopic (exact) mass is 410 g/mol. The molecule has 0 unspecified atom stereocenters. The van der Waals surface area contributed by atoms with E-state index in [0.29, 0.717) is 36.8 Å². The summed E-state index contributed by atoms with van der Waals surface area (Å²) in [5.74, 6) is 1.16. The molecule has 4 aromatic rings. The van der Waals surface area contributed by atoms with Gasteiger partial charge in [-0.25, -0.2) is 0 Å². The van der Waals surface area contributed by atoms with Crippen LogP contribution in [0.2, 0.25) is 0 Å². The maximum Gasteiger partial charge on any atom is 0.258 e. The van der Waals surface area contributed by atoms with E-state index in [0.717, 1.165) is 27.8 Å². The number of benzene rings is 3. The van der Waals surface area contributed by atoms with Crippen LogP contribution in [0, 0.1) is 6.92 Å². The van der Waals surface area contributed by atoms with Crippen molar-refractivity contribution in [2.24, 2.45) is 0 Å². The van der Waals surface area contributed by atoms with Gasteiger partial charge in [0.1, 0.15) is 13.2 Å². The Balaban J connectivity index is 1.54. The lowest BCUT2D eigenvalue weighted by molar-refractivity contribution is 0.0983. The predicted octanol–water partition coefficient (Wildman–Crippen LogP) is 5.16. The van der Waals surface area contributed by atoms with Crippen LogP contribution in [-0.4, -0.2) is 24.1 Å². The molecule has 5 heteroatoms. The van der Waals surface area contributed by atoms with E-state index in [9.17, 15) is 4.79 Å². The lowest BCUT2D eigenvalue weighted by Gasteiger charge is -2.25. The second kappa shape index (κ2) is 8.11. The van der Waals surface area contributed by atoms with Crippen molar-refractivity contribution >= 4 is 22.5 Å². The maximum absolute atomic E-state index is 13.7. The number of hydrogen-bond donors (Lipinski definition) is 0. The normalized spacial score (nSPS) is 12.5. The molecule has 1 aliphatic rings. The summed E-state index contributed by atoms with van der Waals surface area (Å²) in [4.78, 5) is 20.2. The molecule has 5 nitrogen and oxygen atoms in total. The van der Waals surface area contributed by atoms with E-state index in [2.05, 4.69) is 0 Å². The minimum Gasteiger partial charge on any atom is -0.486 e. The number of para-hydroxylation sites is 2. The van der Waals surface area contributed by atoms with Gasteiger partial charge in [0.15, 0.2) is 11.5 Å². The highest BCUT2D eigenvalue weighted by Gasteiger charge is 2.22. The molecule has 2 heterocycles. The van der Waals surface area contributed by atoms with Gasteiger partial charge in [-0.3, -0.25) is 9.78 Å². The summed E-state index contributed by atoms with van der Waals surface area (Å²) in [5.41, 5.74) is 4.17. The maximum atomic E-state index is 13.7. The third-order valence-electron chi connectivity index (χ3n) is 5.42. The molecule has 1 amide bonds. The number of anilines is 1. The van der Waals surface area contributed by atoms with Gasteiger partial charge in [-0.2, -0.15) is 0 Å². The SMILES string of the molecule is Cc1ccccc1N(Cc1ccc2ccccc2n1)C(=O)c1ccc2c(c1)OCCO2. The van der Waals surface area contributed by atoms with Crippen molar-refractivity contribution in [3.63, 3.8) is 0 Å². The quantitative estimate of drug-likeness (QED) is 0.466. The van der Waals surface area contributed by atoms with Gasteiger partial charge in [0, 0.05) is 16.6 Å². The highest BCUT2D eigenvalue weighted by Crippen LogP contribution is 2.32. The fourth-order valence-corrected chi connectivity index (χ4v) is 3.82. The van der Waals surface area contributed by atoms with Crippen LogP contribution in [0.1, 0.15) is 21.6 Å². The molecule has 0 saturated heterocycles. The van der Waals surface area contributed by atoms with Crippen LogP contribution in [0.4, 0.5) is 5.69 Å². The minimum atomic E-state index is -0.110. The Bertz CT molecular complexity index is 1270. The van der Waals surface area contributed by atoms with Gasteiger partial charge in [0.25, 0.3) is 5.91 Å². The van der Waals surface area contributed by atoms with Crippen molar-refractivity contribution in [2.45, 2.75) is 13.5 Å². The number of aryl methyl sites for hydroxylation is 1. The topological polar surface area (TPSA) is 51.7 Å². The van der Waals surface area contributed by atoms with Crippen LogP contribution < -0.4 is 14.4 Å². The zero-order valence-corrected chi connectivity index (χ0v) is 17.2. The molecular weight excluding hydrogens is 388 g/mol. The highest BCUT2D eigenvalue weighted by molar-refractivity contribution is 6.06. The average Bonchev–Trinajstić information content (AvgIpc) is 2.82. The number of hydrogen-bond acceptors (Lipinski definition) is 4. The van der Waals surface area contributed by atoms with E-state index in [1.807, 2.05) is 67.6 Å². The van der Waals surface area contributed by atoms with Crippen LogP contribution >= 0.6 is 0 Å². The van der Waals surface area contributed by atoms with Crippen LogP contribution in [0.3, 0.4) is 0 Å². The third-order valence-corrected chi connectivity index (χ3v) is 5.42. The summed E-state index contributed by atoms with van der Waals surface area (Å²) < 4.78 is 11.3. The average molecular weight is 410 g/mol. The Morgan fingerprint density at radius 1 is 0.903 bits per heavy atom. The Labute approximate surface area is 180 Å². The molecule has 1 aromatic heterocycles. The number of aromatic nitrogens is 1. The van der Waals surface area contributed by atoms with Gasteiger partial charge in [0.2, 0.25) is 0 Å². The zero-order chi connectivity index (χ0) is 21.2. The molecule has 31 heavy (non-hydrogen) atoms.